The summed E-state index contributed by atoms with van der Waals surface area (Å²) in [7, 11) is 0. The molecule has 108 valence electrons. The lowest BCUT2D eigenvalue weighted by Gasteiger charge is -2.10. The van der Waals surface area contributed by atoms with Crippen LogP contribution in [0.3, 0.4) is 0 Å². The zero-order valence-corrected chi connectivity index (χ0v) is 11.1. The number of fused-ring (bicyclic) bond motifs is 3. The molecule has 0 atom stereocenters. The molecule has 0 aliphatic heterocycles. The first-order valence-electron chi connectivity index (χ1n) is 5.85. The Morgan fingerprint density at radius 2 is 2.05 bits per heavy atom. The molecule has 0 bridgehead atoms. The van der Waals surface area contributed by atoms with Crippen molar-refractivity contribution < 1.29 is 18.0 Å². The predicted molar refractivity (Wildman–Crippen MR) is 71.5 cm³/mol. The van der Waals surface area contributed by atoms with Crippen molar-refractivity contribution in [2.75, 3.05) is 0 Å². The summed E-state index contributed by atoms with van der Waals surface area (Å²) in [5, 5.41) is 0.372. The van der Waals surface area contributed by atoms with Crippen molar-refractivity contribution in [3.63, 3.8) is 0 Å². The highest BCUT2D eigenvalue weighted by molar-refractivity contribution is 6.34. The van der Waals surface area contributed by atoms with Crippen LogP contribution in [0.5, 0.6) is 0 Å². The number of alkyl halides is 3. The molecule has 0 saturated heterocycles. The van der Waals surface area contributed by atoms with Crippen LogP contribution in [0.15, 0.2) is 24.5 Å². The highest BCUT2D eigenvalue weighted by Gasteiger charge is 2.30. The number of benzene rings is 1. The van der Waals surface area contributed by atoms with E-state index in [9.17, 15) is 18.0 Å². The normalized spacial score (nSPS) is 12.2. The molecular formula is C13H7ClF3N3O. The molecule has 0 N–H and O–H groups in total. The van der Waals surface area contributed by atoms with Crippen LogP contribution in [0.4, 0.5) is 13.2 Å². The van der Waals surface area contributed by atoms with E-state index in [1.54, 1.807) is 0 Å². The third kappa shape index (κ3) is 2.33. The maximum absolute atomic E-state index is 12.8. The van der Waals surface area contributed by atoms with E-state index in [1.165, 1.54) is 24.5 Å². The van der Waals surface area contributed by atoms with Crippen LogP contribution in [0.1, 0.15) is 10.4 Å². The minimum atomic E-state index is -4.42. The summed E-state index contributed by atoms with van der Waals surface area (Å²) >= 11 is 5.93. The summed E-state index contributed by atoms with van der Waals surface area (Å²) in [6.07, 6.45) is -2.62. The number of carbonyl (C=O) groups excluding carboxylic acids is 1. The lowest BCUT2D eigenvalue weighted by Crippen LogP contribution is -2.17. The topological polar surface area (TPSA) is 47.8 Å². The first-order valence-corrected chi connectivity index (χ1v) is 6.23. The van der Waals surface area contributed by atoms with Crippen molar-refractivity contribution in [3.8, 4) is 0 Å². The first kappa shape index (κ1) is 13.8. The van der Waals surface area contributed by atoms with E-state index in [2.05, 4.69) is 9.97 Å². The van der Waals surface area contributed by atoms with Crippen LogP contribution in [-0.4, -0.2) is 27.0 Å². The van der Waals surface area contributed by atoms with Gasteiger partial charge in [-0.2, -0.15) is 13.2 Å². The van der Waals surface area contributed by atoms with E-state index in [1.807, 2.05) is 0 Å². The Labute approximate surface area is 121 Å². The van der Waals surface area contributed by atoms with Crippen LogP contribution >= 0.6 is 11.6 Å². The van der Waals surface area contributed by atoms with Gasteiger partial charge in [-0.1, -0.05) is 11.6 Å². The average Bonchev–Trinajstić information content (AvgIpc) is 2.72. The zero-order chi connectivity index (χ0) is 15.2. The van der Waals surface area contributed by atoms with Crippen molar-refractivity contribution in [1.82, 2.24) is 14.5 Å². The van der Waals surface area contributed by atoms with Crippen LogP contribution in [-0.2, 0) is 6.54 Å². The van der Waals surface area contributed by atoms with Crippen molar-refractivity contribution in [1.29, 1.82) is 0 Å². The van der Waals surface area contributed by atoms with Gasteiger partial charge in [-0.3, -0.25) is 4.79 Å². The number of aromatic nitrogens is 3. The van der Waals surface area contributed by atoms with Gasteiger partial charge in [0.2, 0.25) is 0 Å². The van der Waals surface area contributed by atoms with E-state index in [4.69, 9.17) is 11.6 Å². The van der Waals surface area contributed by atoms with Gasteiger partial charge in [-0.05, 0) is 18.2 Å². The quantitative estimate of drug-likeness (QED) is 0.536. The van der Waals surface area contributed by atoms with Gasteiger partial charge in [0.15, 0.2) is 5.15 Å². The second-order valence-corrected chi connectivity index (χ2v) is 4.82. The Kier molecular flexibility index (Phi) is 3.09. The minimum Gasteiger partial charge on any atom is -0.327 e. The number of carbonyl (C=O) groups is 1. The molecule has 0 spiro atoms. The average molecular weight is 314 g/mol. The Bertz CT molecular complexity index is 857. The van der Waals surface area contributed by atoms with Crippen molar-refractivity contribution in [2.45, 2.75) is 12.7 Å². The summed E-state index contributed by atoms with van der Waals surface area (Å²) in [5.41, 5.74) is 1.05. The number of halogens is 4. The van der Waals surface area contributed by atoms with Crippen LogP contribution in [0, 0.1) is 0 Å². The van der Waals surface area contributed by atoms with Crippen LogP contribution in [0.2, 0.25) is 5.15 Å². The second kappa shape index (κ2) is 4.70. The van der Waals surface area contributed by atoms with Crippen molar-refractivity contribution in [2.24, 2.45) is 0 Å². The predicted octanol–water partition coefficient (Wildman–Crippen LogP) is 3.61. The second-order valence-electron chi connectivity index (χ2n) is 4.46. The molecule has 0 saturated carbocycles. The van der Waals surface area contributed by atoms with Gasteiger partial charge in [0.25, 0.3) is 0 Å². The Hall–Kier alpha value is -2.15. The fourth-order valence-electron chi connectivity index (χ4n) is 2.31. The van der Waals surface area contributed by atoms with Crippen molar-refractivity contribution in [3.05, 3.63) is 35.2 Å². The summed E-state index contributed by atoms with van der Waals surface area (Å²) in [4.78, 5) is 18.6. The molecule has 0 aliphatic rings. The van der Waals surface area contributed by atoms with Gasteiger partial charge in [-0.25, -0.2) is 9.97 Å². The molecule has 0 amide bonds. The summed E-state index contributed by atoms with van der Waals surface area (Å²) in [6.45, 7) is -1.21. The lowest BCUT2D eigenvalue weighted by atomic mass is 10.1. The molecular weight excluding hydrogens is 307 g/mol. The number of nitrogens with zero attached hydrogens (tertiary/aromatic N) is 3. The van der Waals surface area contributed by atoms with E-state index in [0.717, 1.165) is 4.57 Å². The Morgan fingerprint density at radius 1 is 1.29 bits per heavy atom. The number of rotatable bonds is 2. The molecule has 3 rings (SSSR count). The molecule has 3 aromatic rings. The van der Waals surface area contributed by atoms with E-state index in [-0.39, 0.29) is 16.2 Å². The largest absolute Gasteiger partial charge is 0.406 e. The fraction of sp³-hybridized carbons (Fsp3) is 0.154. The molecule has 21 heavy (non-hydrogen) atoms. The lowest BCUT2D eigenvalue weighted by molar-refractivity contribution is -0.139. The van der Waals surface area contributed by atoms with Gasteiger partial charge < -0.3 is 4.57 Å². The van der Waals surface area contributed by atoms with Crippen molar-refractivity contribution >= 4 is 39.8 Å². The minimum absolute atomic E-state index is 0.0619. The molecule has 0 fully saturated rings. The Morgan fingerprint density at radius 3 is 2.71 bits per heavy atom. The highest BCUT2D eigenvalue weighted by Crippen LogP contribution is 2.33. The third-order valence-corrected chi connectivity index (χ3v) is 3.36. The van der Waals surface area contributed by atoms with Gasteiger partial charge in [-0.15, -0.1) is 0 Å². The molecule has 2 aromatic heterocycles. The smallest absolute Gasteiger partial charge is 0.327 e. The highest BCUT2D eigenvalue weighted by atomic mass is 35.5. The summed E-state index contributed by atoms with van der Waals surface area (Å²) < 4.78 is 39.4. The molecule has 8 heteroatoms. The van der Waals surface area contributed by atoms with Gasteiger partial charge in [0.05, 0.1) is 5.52 Å². The molecule has 0 radical (unpaired) electrons. The standard InChI is InChI=1S/C13H7ClF3N3O/c14-12-11-10(18-6-19-12)8-3-7(4-21)1-2-9(8)20(11)5-13(15,16)17/h1-4,6H,5H2. The first-order chi connectivity index (χ1) is 9.90. The Balaban J connectivity index is 2.44. The number of aldehydes is 1. The number of hydrogen-bond acceptors (Lipinski definition) is 3. The fourth-order valence-corrected chi connectivity index (χ4v) is 2.54. The van der Waals surface area contributed by atoms with E-state index >= 15 is 0 Å². The van der Waals surface area contributed by atoms with Gasteiger partial charge in [0, 0.05) is 10.9 Å². The molecule has 0 aliphatic carbocycles. The van der Waals surface area contributed by atoms with Gasteiger partial charge in [0.1, 0.15) is 30.2 Å². The van der Waals surface area contributed by atoms with E-state index in [0.29, 0.717) is 22.8 Å². The maximum atomic E-state index is 12.8. The molecule has 4 nitrogen and oxygen atoms in total. The SMILES string of the molecule is O=Cc1ccc2c(c1)c1ncnc(Cl)c1n2CC(F)(F)F. The molecule has 1 aromatic carbocycles. The number of hydrogen-bond donors (Lipinski definition) is 0. The van der Waals surface area contributed by atoms with Crippen LogP contribution < -0.4 is 0 Å². The van der Waals surface area contributed by atoms with E-state index < -0.39 is 12.7 Å². The summed E-state index contributed by atoms with van der Waals surface area (Å²) in [5.74, 6) is 0. The molecule has 0 unspecified atom stereocenters. The summed E-state index contributed by atoms with van der Waals surface area (Å²) in [6, 6.07) is 4.38. The zero-order valence-electron chi connectivity index (χ0n) is 10.4. The van der Waals surface area contributed by atoms with Crippen LogP contribution in [0.25, 0.3) is 21.9 Å². The third-order valence-electron chi connectivity index (χ3n) is 3.09. The monoisotopic (exact) mass is 313 g/mol. The maximum Gasteiger partial charge on any atom is 0.406 e. The van der Waals surface area contributed by atoms with Gasteiger partial charge >= 0.3 is 6.18 Å². The molecule has 2 heterocycles.